The molecule has 4 heterocycles. The molecule has 5 rings (SSSR count). The molecule has 0 unspecified atom stereocenters. The smallest absolute Gasteiger partial charge is 0.335 e. The zero-order chi connectivity index (χ0) is 23.7. The Morgan fingerprint density at radius 3 is 2.68 bits per heavy atom. The first-order valence-electron chi connectivity index (χ1n) is 11.6. The summed E-state index contributed by atoms with van der Waals surface area (Å²) in [6, 6.07) is 15.4. The van der Waals surface area contributed by atoms with E-state index in [0.717, 1.165) is 56.1 Å². The number of likely N-dealkylation sites (tertiary alicyclic amines) is 2. The summed E-state index contributed by atoms with van der Waals surface area (Å²) in [6.45, 7) is 2.71. The third kappa shape index (κ3) is 4.73. The highest BCUT2D eigenvalue weighted by Gasteiger charge is 2.39. The molecule has 1 aromatic carbocycles. The SMILES string of the molecule is O=C1CC[C@@H]2CN(Cc3cccn3-c3ccccn3)CC[C@@H]2N1Cc1cccc(C(F)(F)F)c1. The lowest BCUT2D eigenvalue weighted by atomic mass is 9.83. The lowest BCUT2D eigenvalue weighted by molar-refractivity contribution is -0.142. The van der Waals surface area contributed by atoms with Crippen LogP contribution < -0.4 is 0 Å². The Balaban J connectivity index is 1.27. The summed E-state index contributed by atoms with van der Waals surface area (Å²) in [6.07, 6.45) is 1.49. The summed E-state index contributed by atoms with van der Waals surface area (Å²) in [7, 11) is 0. The molecule has 2 fully saturated rings. The Morgan fingerprint density at radius 1 is 1.00 bits per heavy atom. The minimum atomic E-state index is -4.39. The van der Waals surface area contributed by atoms with Gasteiger partial charge in [-0.1, -0.05) is 18.2 Å². The molecule has 2 atom stereocenters. The van der Waals surface area contributed by atoms with Gasteiger partial charge in [-0.15, -0.1) is 0 Å². The number of pyridine rings is 1. The van der Waals surface area contributed by atoms with Crippen LogP contribution in [0.2, 0.25) is 0 Å². The minimum Gasteiger partial charge on any atom is -0.335 e. The van der Waals surface area contributed by atoms with E-state index in [2.05, 4.69) is 20.5 Å². The summed E-state index contributed by atoms with van der Waals surface area (Å²) in [5.74, 6) is 1.24. The zero-order valence-corrected chi connectivity index (χ0v) is 18.8. The van der Waals surface area contributed by atoms with Crippen LogP contribution in [-0.2, 0) is 24.1 Å². The third-order valence-electron chi connectivity index (χ3n) is 6.95. The monoisotopic (exact) mass is 468 g/mol. The average Bonchev–Trinajstić information content (AvgIpc) is 3.29. The van der Waals surface area contributed by atoms with Gasteiger partial charge in [0.25, 0.3) is 0 Å². The van der Waals surface area contributed by atoms with Gasteiger partial charge in [0.1, 0.15) is 5.82 Å². The van der Waals surface area contributed by atoms with Crippen molar-refractivity contribution in [3.8, 4) is 5.82 Å². The molecule has 34 heavy (non-hydrogen) atoms. The second kappa shape index (κ2) is 9.25. The van der Waals surface area contributed by atoms with Gasteiger partial charge in [0.05, 0.1) is 5.56 Å². The van der Waals surface area contributed by atoms with Crippen LogP contribution in [0.5, 0.6) is 0 Å². The number of halogens is 3. The second-order valence-corrected chi connectivity index (χ2v) is 9.17. The highest BCUT2D eigenvalue weighted by atomic mass is 19.4. The number of benzene rings is 1. The molecule has 3 aromatic rings. The van der Waals surface area contributed by atoms with Crippen LogP contribution in [0, 0.1) is 5.92 Å². The number of rotatable bonds is 5. The Labute approximate surface area is 196 Å². The van der Waals surface area contributed by atoms with Gasteiger partial charge in [-0.3, -0.25) is 9.69 Å². The van der Waals surface area contributed by atoms with Crippen molar-refractivity contribution in [1.29, 1.82) is 0 Å². The fourth-order valence-corrected chi connectivity index (χ4v) is 5.31. The Morgan fingerprint density at radius 2 is 1.88 bits per heavy atom. The third-order valence-corrected chi connectivity index (χ3v) is 6.95. The maximum absolute atomic E-state index is 13.1. The summed E-state index contributed by atoms with van der Waals surface area (Å²) >= 11 is 0. The number of aromatic nitrogens is 2. The number of alkyl halides is 3. The van der Waals surface area contributed by atoms with Gasteiger partial charge >= 0.3 is 6.18 Å². The van der Waals surface area contributed by atoms with Gasteiger partial charge < -0.3 is 9.47 Å². The van der Waals surface area contributed by atoms with Crippen LogP contribution in [0.1, 0.15) is 36.1 Å². The molecule has 0 saturated carbocycles. The van der Waals surface area contributed by atoms with Crippen LogP contribution in [0.15, 0.2) is 67.0 Å². The topological polar surface area (TPSA) is 41.4 Å². The number of carbonyl (C=O) groups excluding carboxylic acids is 1. The normalized spacial score (nSPS) is 21.5. The van der Waals surface area contributed by atoms with Gasteiger partial charge in [-0.2, -0.15) is 13.2 Å². The fraction of sp³-hybridized carbons (Fsp3) is 0.385. The van der Waals surface area contributed by atoms with E-state index in [0.29, 0.717) is 17.9 Å². The van der Waals surface area contributed by atoms with E-state index in [1.165, 1.54) is 6.07 Å². The molecular weight excluding hydrogens is 441 g/mol. The molecule has 2 saturated heterocycles. The summed E-state index contributed by atoms with van der Waals surface area (Å²) in [5, 5.41) is 0. The first-order valence-corrected chi connectivity index (χ1v) is 11.6. The van der Waals surface area contributed by atoms with Gasteiger partial charge in [-0.25, -0.2) is 4.98 Å². The quantitative estimate of drug-likeness (QED) is 0.535. The molecule has 0 bridgehead atoms. The van der Waals surface area contributed by atoms with E-state index in [-0.39, 0.29) is 18.5 Å². The van der Waals surface area contributed by atoms with Crippen LogP contribution in [0.4, 0.5) is 13.2 Å². The molecule has 0 N–H and O–H groups in total. The molecule has 0 spiro atoms. The van der Waals surface area contributed by atoms with Crippen molar-refractivity contribution in [1.82, 2.24) is 19.4 Å². The van der Waals surface area contributed by atoms with Gasteiger partial charge in [0, 0.05) is 56.7 Å². The van der Waals surface area contributed by atoms with E-state index in [9.17, 15) is 18.0 Å². The molecule has 2 aromatic heterocycles. The summed E-state index contributed by atoms with van der Waals surface area (Å²) in [5.41, 5.74) is 1.01. The predicted molar refractivity (Wildman–Crippen MR) is 122 cm³/mol. The number of nitrogens with zero attached hydrogens (tertiary/aromatic N) is 4. The predicted octanol–water partition coefficient (Wildman–Crippen LogP) is 4.90. The van der Waals surface area contributed by atoms with Crippen LogP contribution in [0.25, 0.3) is 5.82 Å². The van der Waals surface area contributed by atoms with E-state index in [4.69, 9.17) is 0 Å². The number of hydrogen-bond donors (Lipinski definition) is 0. The maximum Gasteiger partial charge on any atom is 0.416 e. The fourth-order valence-electron chi connectivity index (χ4n) is 5.31. The Kier molecular flexibility index (Phi) is 6.16. The van der Waals surface area contributed by atoms with E-state index in [1.54, 1.807) is 12.3 Å². The number of hydrogen-bond acceptors (Lipinski definition) is 3. The highest BCUT2D eigenvalue weighted by Crippen LogP contribution is 2.34. The van der Waals surface area contributed by atoms with Crippen LogP contribution >= 0.6 is 0 Å². The number of carbonyl (C=O) groups is 1. The van der Waals surface area contributed by atoms with Crippen molar-refractivity contribution in [2.45, 2.75) is 44.6 Å². The number of fused-ring (bicyclic) bond motifs is 1. The number of piperidine rings is 2. The molecule has 1 amide bonds. The molecule has 0 aliphatic carbocycles. The molecule has 2 aliphatic heterocycles. The molecule has 8 heteroatoms. The van der Waals surface area contributed by atoms with Crippen molar-refractivity contribution in [3.05, 3.63) is 83.8 Å². The van der Waals surface area contributed by atoms with Crippen LogP contribution in [0.3, 0.4) is 0 Å². The zero-order valence-electron chi connectivity index (χ0n) is 18.8. The van der Waals surface area contributed by atoms with Gasteiger partial charge in [-0.05, 0) is 60.7 Å². The molecule has 0 radical (unpaired) electrons. The summed E-state index contributed by atoms with van der Waals surface area (Å²) in [4.78, 5) is 21.4. The van der Waals surface area contributed by atoms with Crippen molar-refractivity contribution >= 4 is 5.91 Å². The van der Waals surface area contributed by atoms with Crippen LogP contribution in [-0.4, -0.2) is 44.4 Å². The van der Waals surface area contributed by atoms with Gasteiger partial charge in [0.15, 0.2) is 0 Å². The van der Waals surface area contributed by atoms with Crippen molar-refractivity contribution in [2.75, 3.05) is 13.1 Å². The van der Waals surface area contributed by atoms with E-state index < -0.39 is 11.7 Å². The number of amides is 1. The van der Waals surface area contributed by atoms with E-state index in [1.807, 2.05) is 35.4 Å². The highest BCUT2D eigenvalue weighted by molar-refractivity contribution is 5.77. The molecule has 5 nitrogen and oxygen atoms in total. The van der Waals surface area contributed by atoms with Crippen molar-refractivity contribution < 1.29 is 18.0 Å². The Bertz CT molecular complexity index is 1140. The van der Waals surface area contributed by atoms with Gasteiger partial charge in [0.2, 0.25) is 5.91 Å². The first kappa shape index (κ1) is 22.7. The largest absolute Gasteiger partial charge is 0.416 e. The molecule has 2 aliphatic rings. The molecular formula is C26H27F3N4O. The lowest BCUT2D eigenvalue weighted by Gasteiger charge is -2.47. The second-order valence-electron chi connectivity index (χ2n) is 9.17. The maximum atomic E-state index is 13.1. The lowest BCUT2D eigenvalue weighted by Crippen LogP contribution is -2.55. The molecule has 178 valence electrons. The van der Waals surface area contributed by atoms with Crippen molar-refractivity contribution in [2.24, 2.45) is 5.92 Å². The Hall–Kier alpha value is -3.13. The van der Waals surface area contributed by atoms with E-state index >= 15 is 0 Å². The minimum absolute atomic E-state index is 0.0381. The average molecular weight is 469 g/mol. The standard InChI is InChI=1S/C26H27F3N4O/c27-26(28,29)21-6-3-5-19(15-21)16-33-23-11-14-31(17-20(23)9-10-25(33)34)18-22-7-4-13-32(22)24-8-1-2-12-30-24/h1-8,12-13,15,20,23H,9-11,14,16-18H2/t20-,23+/m1/s1. The summed E-state index contributed by atoms with van der Waals surface area (Å²) < 4.78 is 41.5. The van der Waals surface area contributed by atoms with Crippen molar-refractivity contribution in [3.63, 3.8) is 0 Å². The first-order chi connectivity index (χ1) is 16.4.